The van der Waals surface area contributed by atoms with Crippen LogP contribution in [-0.2, 0) is 21.1 Å². The van der Waals surface area contributed by atoms with E-state index in [1.54, 1.807) is 12.1 Å². The summed E-state index contributed by atoms with van der Waals surface area (Å²) in [6, 6.07) is 5.50. The number of carbonyl (C=O) groups excluding carboxylic acids is 2. The Bertz CT molecular complexity index is 832. The average molecular weight is 394 g/mol. The maximum absolute atomic E-state index is 12.8. The Balaban J connectivity index is 1.20. The molecule has 1 aromatic rings. The summed E-state index contributed by atoms with van der Waals surface area (Å²) in [4.78, 5) is 25.9. The molecule has 0 radical (unpaired) electrons. The first kappa shape index (κ1) is 17.8. The highest BCUT2D eigenvalue weighted by molar-refractivity contribution is 5.82. The van der Waals surface area contributed by atoms with E-state index < -0.39 is 17.8 Å². The van der Waals surface area contributed by atoms with Crippen molar-refractivity contribution in [1.29, 1.82) is 0 Å². The molecule has 2 aliphatic carbocycles. The lowest BCUT2D eigenvalue weighted by atomic mass is 9.68. The third-order valence-corrected chi connectivity index (χ3v) is 7.07. The Labute approximate surface area is 160 Å². The summed E-state index contributed by atoms with van der Waals surface area (Å²) in [7, 11) is 0. The lowest BCUT2D eigenvalue weighted by Gasteiger charge is -2.44. The fraction of sp³-hybridized carbons (Fsp3) is 0.600. The van der Waals surface area contributed by atoms with Crippen LogP contribution in [0.4, 0.5) is 18.0 Å². The summed E-state index contributed by atoms with van der Waals surface area (Å²) in [5, 5.41) is 2.80. The van der Waals surface area contributed by atoms with Gasteiger partial charge in [-0.3, -0.25) is 4.79 Å². The molecule has 2 aliphatic heterocycles. The highest BCUT2D eigenvalue weighted by atomic mass is 19.4. The fourth-order valence-corrected chi connectivity index (χ4v) is 5.34. The predicted octanol–water partition coefficient (Wildman–Crippen LogP) is 3.08. The number of rotatable bonds is 2. The normalized spacial score (nSPS) is 36.4. The molecule has 2 saturated carbocycles. The first-order valence-corrected chi connectivity index (χ1v) is 9.62. The molecule has 8 heteroatoms. The first-order chi connectivity index (χ1) is 13.2. The lowest BCUT2D eigenvalue weighted by molar-refractivity contribution is -0.142. The second kappa shape index (κ2) is 5.64. The molecule has 2 heterocycles. The van der Waals surface area contributed by atoms with Crippen molar-refractivity contribution < 1.29 is 27.5 Å². The zero-order valence-corrected chi connectivity index (χ0v) is 15.2. The molecule has 28 heavy (non-hydrogen) atoms. The minimum Gasteiger partial charge on any atom is -0.447 e. The Kier molecular flexibility index (Phi) is 3.59. The van der Waals surface area contributed by atoms with Gasteiger partial charge in [0.05, 0.1) is 11.1 Å². The van der Waals surface area contributed by atoms with Gasteiger partial charge in [-0.05, 0) is 49.3 Å². The minimum atomic E-state index is -4.32. The van der Waals surface area contributed by atoms with Gasteiger partial charge in [-0.15, -0.1) is 0 Å². The van der Waals surface area contributed by atoms with Gasteiger partial charge in [0.25, 0.3) is 0 Å². The molecule has 2 saturated heterocycles. The number of alkyl carbamates (subject to hydrolysis) is 1. The molecule has 1 unspecified atom stereocenters. The molecule has 5 rings (SSSR count). The number of nitrogens with zero attached hydrogens (tertiary/aromatic N) is 1. The summed E-state index contributed by atoms with van der Waals surface area (Å²) in [5.74, 6) is 0.351. The number of likely N-dealkylation sites (tertiary alicyclic amines) is 1. The number of hydrogen-bond acceptors (Lipinski definition) is 3. The summed E-state index contributed by atoms with van der Waals surface area (Å²) in [6.45, 7) is 1.62. The van der Waals surface area contributed by atoms with E-state index in [4.69, 9.17) is 4.74 Å². The lowest BCUT2D eigenvalue weighted by Crippen LogP contribution is -2.58. The molecule has 1 spiro atoms. The summed E-state index contributed by atoms with van der Waals surface area (Å²) in [5.41, 5.74) is -0.114. The number of cyclic esters (lactones) is 1. The molecule has 1 aromatic carbocycles. The van der Waals surface area contributed by atoms with E-state index in [1.807, 2.05) is 4.90 Å². The molecule has 0 bridgehead atoms. The van der Waals surface area contributed by atoms with Gasteiger partial charge < -0.3 is 15.0 Å². The number of ether oxygens (including phenoxy) is 1. The van der Waals surface area contributed by atoms with Gasteiger partial charge in [0.2, 0.25) is 5.91 Å². The zero-order valence-electron chi connectivity index (χ0n) is 15.2. The predicted molar refractivity (Wildman–Crippen MR) is 92.4 cm³/mol. The summed E-state index contributed by atoms with van der Waals surface area (Å²) >= 11 is 0. The number of carbonyl (C=O) groups is 2. The number of fused-ring (bicyclic) bond motifs is 1. The number of amides is 2. The monoisotopic (exact) mass is 394 g/mol. The van der Waals surface area contributed by atoms with Gasteiger partial charge in [-0.25, -0.2) is 4.79 Å². The fourth-order valence-electron chi connectivity index (χ4n) is 5.34. The molecule has 150 valence electrons. The summed E-state index contributed by atoms with van der Waals surface area (Å²) in [6.07, 6.45) is -1.80. The van der Waals surface area contributed by atoms with Gasteiger partial charge in [0.1, 0.15) is 6.61 Å². The van der Waals surface area contributed by atoms with E-state index in [0.29, 0.717) is 38.5 Å². The quantitative estimate of drug-likeness (QED) is 0.839. The van der Waals surface area contributed by atoms with Crippen LogP contribution in [-0.4, -0.2) is 42.1 Å². The van der Waals surface area contributed by atoms with Gasteiger partial charge in [-0.1, -0.05) is 12.1 Å². The summed E-state index contributed by atoms with van der Waals surface area (Å²) < 4.78 is 43.3. The number of piperidine rings is 1. The number of alkyl halides is 3. The molecule has 5 nitrogen and oxygen atoms in total. The van der Waals surface area contributed by atoms with Crippen LogP contribution in [0.2, 0.25) is 0 Å². The Morgan fingerprint density at radius 1 is 1.18 bits per heavy atom. The Morgan fingerprint density at radius 2 is 1.89 bits per heavy atom. The van der Waals surface area contributed by atoms with Gasteiger partial charge in [-0.2, -0.15) is 13.2 Å². The SMILES string of the molecule is O=C1N[C@]2(CO1)C[C@H](C(=O)N1CC[C@@]3(c4ccc(C(F)(F)F)cc4)CC3C1)C2. The smallest absolute Gasteiger partial charge is 0.416 e. The van der Waals surface area contributed by atoms with E-state index >= 15 is 0 Å². The molecule has 2 atom stereocenters. The largest absolute Gasteiger partial charge is 0.447 e. The highest BCUT2D eigenvalue weighted by Gasteiger charge is 2.59. The van der Waals surface area contributed by atoms with Crippen molar-refractivity contribution in [2.45, 2.75) is 42.8 Å². The van der Waals surface area contributed by atoms with Crippen LogP contribution in [0.1, 0.15) is 36.8 Å². The van der Waals surface area contributed by atoms with E-state index in [9.17, 15) is 22.8 Å². The van der Waals surface area contributed by atoms with Crippen molar-refractivity contribution in [3.63, 3.8) is 0 Å². The van der Waals surface area contributed by atoms with Crippen LogP contribution in [0, 0.1) is 11.8 Å². The maximum Gasteiger partial charge on any atom is 0.416 e. The maximum atomic E-state index is 12.8. The van der Waals surface area contributed by atoms with Crippen molar-refractivity contribution in [2.75, 3.05) is 19.7 Å². The number of halogens is 3. The van der Waals surface area contributed by atoms with Crippen molar-refractivity contribution in [1.82, 2.24) is 10.2 Å². The van der Waals surface area contributed by atoms with E-state index in [2.05, 4.69) is 5.32 Å². The van der Waals surface area contributed by atoms with Crippen LogP contribution in [0.15, 0.2) is 24.3 Å². The number of hydrogen-bond donors (Lipinski definition) is 1. The number of benzene rings is 1. The molecule has 4 fully saturated rings. The van der Waals surface area contributed by atoms with E-state index in [1.165, 1.54) is 0 Å². The van der Waals surface area contributed by atoms with Crippen LogP contribution in [0.3, 0.4) is 0 Å². The van der Waals surface area contributed by atoms with Crippen molar-refractivity contribution >= 4 is 12.0 Å². The molecule has 1 N–H and O–H groups in total. The molecule has 2 amide bonds. The Morgan fingerprint density at radius 3 is 2.46 bits per heavy atom. The highest BCUT2D eigenvalue weighted by Crippen LogP contribution is 2.59. The molecular formula is C20H21F3N2O3. The second-order valence-electron chi connectivity index (χ2n) is 8.75. The van der Waals surface area contributed by atoms with Crippen LogP contribution in [0.5, 0.6) is 0 Å². The topological polar surface area (TPSA) is 58.6 Å². The standard InChI is InChI=1S/C20H21F3N2O3/c21-20(22,23)14-3-1-13(2-4-14)19-5-6-25(10-15(19)9-19)16(26)12-7-18(8-12)11-28-17(27)24-18/h1-4,12,15H,5-11H2,(H,24,27)/t12-,15?,18+,19-/m0/s1. The van der Waals surface area contributed by atoms with Crippen molar-refractivity contribution in [2.24, 2.45) is 11.8 Å². The zero-order chi connectivity index (χ0) is 19.7. The van der Waals surface area contributed by atoms with Crippen LogP contribution < -0.4 is 5.32 Å². The van der Waals surface area contributed by atoms with Gasteiger partial charge in [0, 0.05) is 24.4 Å². The van der Waals surface area contributed by atoms with E-state index in [0.717, 1.165) is 30.5 Å². The van der Waals surface area contributed by atoms with Crippen LogP contribution >= 0.6 is 0 Å². The molecule has 4 aliphatic rings. The number of nitrogens with one attached hydrogen (secondary N) is 1. The molecular weight excluding hydrogens is 373 g/mol. The second-order valence-corrected chi connectivity index (χ2v) is 8.75. The minimum absolute atomic E-state index is 0.0744. The third kappa shape index (κ3) is 2.68. The Hall–Kier alpha value is -2.25. The van der Waals surface area contributed by atoms with Gasteiger partial charge >= 0.3 is 12.3 Å². The van der Waals surface area contributed by atoms with E-state index in [-0.39, 0.29) is 22.8 Å². The third-order valence-electron chi connectivity index (χ3n) is 7.07. The van der Waals surface area contributed by atoms with Crippen molar-refractivity contribution in [3.05, 3.63) is 35.4 Å². The van der Waals surface area contributed by atoms with Gasteiger partial charge in [0.15, 0.2) is 0 Å². The van der Waals surface area contributed by atoms with Crippen molar-refractivity contribution in [3.8, 4) is 0 Å². The van der Waals surface area contributed by atoms with Crippen LogP contribution in [0.25, 0.3) is 0 Å². The first-order valence-electron chi connectivity index (χ1n) is 9.62. The molecule has 0 aromatic heterocycles. The average Bonchev–Trinajstić information content (AvgIpc) is 3.25.